The highest BCUT2D eigenvalue weighted by Crippen LogP contribution is 2.26. The predicted octanol–water partition coefficient (Wildman–Crippen LogP) is 4.51. The van der Waals surface area contributed by atoms with Gasteiger partial charge in [-0.25, -0.2) is 9.78 Å². The molecule has 162 valence electrons. The van der Waals surface area contributed by atoms with E-state index >= 15 is 0 Å². The highest BCUT2D eigenvalue weighted by molar-refractivity contribution is 6.07. The number of hydrogen-bond donors (Lipinski definition) is 2. The lowest BCUT2D eigenvalue weighted by atomic mass is 10.0. The van der Waals surface area contributed by atoms with Gasteiger partial charge in [0.15, 0.2) is 0 Å². The van der Waals surface area contributed by atoms with E-state index in [1.807, 2.05) is 31.2 Å². The third-order valence-electron chi connectivity index (χ3n) is 5.75. The maximum Gasteiger partial charge on any atom is 0.339 e. The van der Waals surface area contributed by atoms with E-state index < -0.39 is 5.97 Å². The highest BCUT2D eigenvalue weighted by Gasteiger charge is 2.24. The molecule has 1 aliphatic rings. The number of carbonyl (C=O) groups excluding carboxylic acids is 2. The van der Waals surface area contributed by atoms with Gasteiger partial charge >= 0.3 is 5.97 Å². The first-order chi connectivity index (χ1) is 15.0. The molecule has 1 aromatic carbocycles. The number of ether oxygens (including phenoxy) is 1. The fourth-order valence-electron chi connectivity index (χ4n) is 4.22. The standard InChI is InChI=1S/C24H28N4O3/c1-4-7-18-21(24(30)31-3)15(2)25-22(18)23(29)26-17-11-9-16(10-12-17)19-14-28-13-6-5-8-20(28)27-19/h9-12,14,25H,4-8,13H2,1-3H3,(H,26,29). The SMILES string of the molecule is CCCc1c(C(=O)Nc2ccc(-c3cn4c(n3)CCCC4)cc2)[nH]c(C)c1C(=O)OC. The second-order valence-corrected chi connectivity index (χ2v) is 7.94. The van der Waals surface area contributed by atoms with Crippen LogP contribution in [0.4, 0.5) is 5.69 Å². The van der Waals surface area contributed by atoms with Crippen LogP contribution >= 0.6 is 0 Å². The number of esters is 1. The van der Waals surface area contributed by atoms with E-state index in [-0.39, 0.29) is 5.91 Å². The first kappa shape index (κ1) is 20.9. The number of aromatic amines is 1. The molecule has 0 bridgehead atoms. The molecule has 7 nitrogen and oxygen atoms in total. The monoisotopic (exact) mass is 420 g/mol. The van der Waals surface area contributed by atoms with Gasteiger partial charge in [0.05, 0.1) is 18.4 Å². The molecule has 2 N–H and O–H groups in total. The van der Waals surface area contributed by atoms with E-state index in [1.54, 1.807) is 6.92 Å². The van der Waals surface area contributed by atoms with E-state index in [9.17, 15) is 9.59 Å². The first-order valence-corrected chi connectivity index (χ1v) is 10.8. The molecule has 3 aromatic rings. The number of benzene rings is 1. The third kappa shape index (κ3) is 4.13. The normalized spacial score (nSPS) is 13.0. The number of aromatic nitrogens is 3. The summed E-state index contributed by atoms with van der Waals surface area (Å²) >= 11 is 0. The van der Waals surface area contributed by atoms with Crippen molar-refractivity contribution in [3.63, 3.8) is 0 Å². The average Bonchev–Trinajstić information content (AvgIpc) is 3.35. The predicted molar refractivity (Wildman–Crippen MR) is 119 cm³/mol. The van der Waals surface area contributed by atoms with Gasteiger partial charge in [-0.2, -0.15) is 0 Å². The molecule has 0 fully saturated rings. The van der Waals surface area contributed by atoms with Gasteiger partial charge in [-0.05, 0) is 43.9 Å². The minimum Gasteiger partial charge on any atom is -0.465 e. The van der Waals surface area contributed by atoms with Crippen molar-refractivity contribution in [2.75, 3.05) is 12.4 Å². The van der Waals surface area contributed by atoms with Crippen LogP contribution in [0, 0.1) is 6.92 Å². The number of anilines is 1. The Bertz CT molecular complexity index is 1090. The van der Waals surface area contributed by atoms with Crippen LogP contribution < -0.4 is 5.32 Å². The minimum absolute atomic E-state index is 0.271. The lowest BCUT2D eigenvalue weighted by molar-refractivity contribution is 0.0599. The Morgan fingerprint density at radius 1 is 1.23 bits per heavy atom. The van der Waals surface area contributed by atoms with Gasteiger partial charge in [-0.1, -0.05) is 25.5 Å². The van der Waals surface area contributed by atoms with Crippen LogP contribution in [0.2, 0.25) is 0 Å². The van der Waals surface area contributed by atoms with Crippen LogP contribution in [0.25, 0.3) is 11.3 Å². The average molecular weight is 421 g/mol. The topological polar surface area (TPSA) is 89.0 Å². The summed E-state index contributed by atoms with van der Waals surface area (Å²) in [4.78, 5) is 33.0. The Balaban J connectivity index is 1.54. The molecule has 0 unspecified atom stereocenters. The van der Waals surface area contributed by atoms with E-state index in [0.29, 0.717) is 34.6 Å². The summed E-state index contributed by atoms with van der Waals surface area (Å²) in [5.41, 5.74) is 4.87. The number of H-pyrrole nitrogens is 1. The van der Waals surface area contributed by atoms with E-state index in [1.165, 1.54) is 20.0 Å². The van der Waals surface area contributed by atoms with Crippen LogP contribution in [-0.2, 0) is 24.1 Å². The maximum atomic E-state index is 13.0. The van der Waals surface area contributed by atoms with Crippen molar-refractivity contribution >= 4 is 17.6 Å². The lowest BCUT2D eigenvalue weighted by Crippen LogP contribution is -2.15. The summed E-state index contributed by atoms with van der Waals surface area (Å²) in [5.74, 6) is 0.445. The van der Waals surface area contributed by atoms with Crippen molar-refractivity contribution in [1.82, 2.24) is 14.5 Å². The molecule has 0 saturated heterocycles. The Labute approximate surface area is 181 Å². The highest BCUT2D eigenvalue weighted by atomic mass is 16.5. The Kier molecular flexibility index (Phi) is 5.93. The van der Waals surface area contributed by atoms with Crippen LogP contribution in [0.5, 0.6) is 0 Å². The molecule has 0 atom stereocenters. The summed E-state index contributed by atoms with van der Waals surface area (Å²) in [6.45, 7) is 4.82. The van der Waals surface area contributed by atoms with Crippen molar-refractivity contribution in [2.45, 2.75) is 52.5 Å². The van der Waals surface area contributed by atoms with E-state index in [4.69, 9.17) is 9.72 Å². The zero-order valence-electron chi connectivity index (χ0n) is 18.2. The van der Waals surface area contributed by atoms with Crippen LogP contribution in [0.1, 0.15) is 64.1 Å². The molecule has 0 spiro atoms. The van der Waals surface area contributed by atoms with Gasteiger partial charge in [0.25, 0.3) is 5.91 Å². The number of carbonyl (C=O) groups is 2. The molecule has 1 aliphatic heterocycles. The molecular weight excluding hydrogens is 392 g/mol. The maximum absolute atomic E-state index is 13.0. The number of rotatable bonds is 6. The molecule has 3 heterocycles. The lowest BCUT2D eigenvalue weighted by Gasteiger charge is -2.11. The van der Waals surface area contributed by atoms with Crippen molar-refractivity contribution in [2.24, 2.45) is 0 Å². The van der Waals surface area contributed by atoms with Crippen molar-refractivity contribution in [3.05, 3.63) is 58.8 Å². The summed E-state index contributed by atoms with van der Waals surface area (Å²) in [6, 6.07) is 7.69. The number of aryl methyl sites for hydroxylation is 3. The zero-order valence-corrected chi connectivity index (χ0v) is 18.2. The van der Waals surface area contributed by atoms with Crippen molar-refractivity contribution < 1.29 is 14.3 Å². The van der Waals surface area contributed by atoms with Gasteiger partial charge in [0.2, 0.25) is 0 Å². The zero-order chi connectivity index (χ0) is 22.0. The summed E-state index contributed by atoms with van der Waals surface area (Å²) in [5, 5.41) is 2.93. The number of nitrogens with zero attached hydrogens (tertiary/aromatic N) is 2. The molecular formula is C24H28N4O3. The van der Waals surface area contributed by atoms with E-state index in [0.717, 1.165) is 36.5 Å². The second kappa shape index (κ2) is 8.79. The quantitative estimate of drug-likeness (QED) is 0.574. The molecule has 4 rings (SSSR count). The Hall–Kier alpha value is -3.35. The molecule has 31 heavy (non-hydrogen) atoms. The van der Waals surface area contributed by atoms with Gasteiger partial charge in [-0.3, -0.25) is 4.79 Å². The molecule has 1 amide bonds. The molecule has 0 aliphatic carbocycles. The summed E-state index contributed by atoms with van der Waals surface area (Å²) in [6.07, 6.45) is 6.94. The van der Waals surface area contributed by atoms with Crippen molar-refractivity contribution in [1.29, 1.82) is 0 Å². The number of hydrogen-bond acceptors (Lipinski definition) is 4. The summed E-state index contributed by atoms with van der Waals surface area (Å²) in [7, 11) is 1.35. The summed E-state index contributed by atoms with van der Waals surface area (Å²) < 4.78 is 7.13. The van der Waals surface area contributed by atoms with E-state index in [2.05, 4.69) is 21.1 Å². The number of methoxy groups -OCH3 is 1. The van der Waals surface area contributed by atoms with Crippen LogP contribution in [-0.4, -0.2) is 33.5 Å². The molecule has 7 heteroatoms. The third-order valence-corrected chi connectivity index (χ3v) is 5.75. The van der Waals surface area contributed by atoms with Crippen LogP contribution in [0.3, 0.4) is 0 Å². The smallest absolute Gasteiger partial charge is 0.339 e. The fraction of sp³-hybridized carbons (Fsp3) is 0.375. The van der Waals surface area contributed by atoms with Gasteiger partial charge < -0.3 is 19.6 Å². The van der Waals surface area contributed by atoms with Crippen molar-refractivity contribution in [3.8, 4) is 11.3 Å². The first-order valence-electron chi connectivity index (χ1n) is 10.8. The van der Waals surface area contributed by atoms with Gasteiger partial charge in [-0.15, -0.1) is 0 Å². The Morgan fingerprint density at radius 2 is 2.00 bits per heavy atom. The number of imidazole rings is 1. The fourth-order valence-corrected chi connectivity index (χ4v) is 4.22. The number of amides is 1. The second-order valence-electron chi connectivity index (χ2n) is 7.94. The number of nitrogens with one attached hydrogen (secondary N) is 2. The minimum atomic E-state index is -0.427. The molecule has 0 saturated carbocycles. The van der Waals surface area contributed by atoms with Gasteiger partial charge in [0, 0.05) is 36.1 Å². The Morgan fingerprint density at radius 3 is 2.68 bits per heavy atom. The number of fused-ring (bicyclic) bond motifs is 1. The molecule has 2 aromatic heterocycles. The van der Waals surface area contributed by atoms with Gasteiger partial charge in [0.1, 0.15) is 11.5 Å². The largest absolute Gasteiger partial charge is 0.465 e. The molecule has 0 radical (unpaired) electrons. The van der Waals surface area contributed by atoms with Crippen LogP contribution in [0.15, 0.2) is 30.5 Å².